The van der Waals surface area contributed by atoms with Gasteiger partial charge in [-0.1, -0.05) is 18.2 Å². The fourth-order valence-corrected chi connectivity index (χ4v) is 2.60. The second kappa shape index (κ2) is 7.25. The van der Waals surface area contributed by atoms with Crippen molar-refractivity contribution >= 4 is 22.6 Å². The van der Waals surface area contributed by atoms with E-state index >= 15 is 0 Å². The van der Waals surface area contributed by atoms with Crippen LogP contribution in [0.1, 0.15) is 15.9 Å². The summed E-state index contributed by atoms with van der Waals surface area (Å²) < 4.78 is 18.7. The van der Waals surface area contributed by atoms with Gasteiger partial charge in [-0.3, -0.25) is 4.79 Å². The maximum absolute atomic E-state index is 12.9. The molecule has 0 aliphatic carbocycles. The van der Waals surface area contributed by atoms with Gasteiger partial charge in [0.1, 0.15) is 29.2 Å². The van der Waals surface area contributed by atoms with E-state index in [1.165, 1.54) is 12.1 Å². The normalized spacial score (nSPS) is 10.7. The van der Waals surface area contributed by atoms with Crippen LogP contribution in [-0.4, -0.2) is 21.3 Å². The Balaban J connectivity index is 1.43. The summed E-state index contributed by atoms with van der Waals surface area (Å²) in [5, 5.41) is 13.3. The molecule has 0 fully saturated rings. The standard InChI is InChI=1S/C20H15FN4O2/c21-15-7-4-13(5-8-15)12-27-17-3-1-2-16(11-17)22-20(26)14-6-9-18-19(10-14)24-25-23-18/h1-11H,12H2,(H,22,26)(H,23,24,25). The molecule has 1 amide bonds. The lowest BCUT2D eigenvalue weighted by atomic mass is 10.2. The largest absolute Gasteiger partial charge is 0.489 e. The van der Waals surface area contributed by atoms with Crippen LogP contribution in [0.3, 0.4) is 0 Å². The second-order valence-corrected chi connectivity index (χ2v) is 5.92. The average molecular weight is 362 g/mol. The molecule has 1 aromatic heterocycles. The van der Waals surface area contributed by atoms with Crippen LogP contribution in [0.5, 0.6) is 5.75 Å². The highest BCUT2D eigenvalue weighted by Crippen LogP contribution is 2.20. The van der Waals surface area contributed by atoms with Crippen molar-refractivity contribution in [2.45, 2.75) is 6.61 Å². The molecule has 0 radical (unpaired) electrons. The van der Waals surface area contributed by atoms with Gasteiger partial charge in [-0.05, 0) is 48.0 Å². The number of hydrogen-bond acceptors (Lipinski definition) is 4. The Morgan fingerprint density at radius 3 is 2.67 bits per heavy atom. The van der Waals surface area contributed by atoms with E-state index in [4.69, 9.17) is 4.74 Å². The van der Waals surface area contributed by atoms with Gasteiger partial charge in [-0.15, -0.1) is 0 Å². The molecule has 0 aliphatic heterocycles. The zero-order valence-electron chi connectivity index (χ0n) is 14.1. The quantitative estimate of drug-likeness (QED) is 0.564. The van der Waals surface area contributed by atoms with Crippen molar-refractivity contribution in [3.8, 4) is 5.75 Å². The Labute approximate surface area is 154 Å². The molecule has 6 nitrogen and oxygen atoms in total. The number of halogens is 1. The van der Waals surface area contributed by atoms with Crippen LogP contribution in [0, 0.1) is 5.82 Å². The topological polar surface area (TPSA) is 79.9 Å². The molecule has 7 heteroatoms. The van der Waals surface area contributed by atoms with Crippen LogP contribution in [0.4, 0.5) is 10.1 Å². The van der Waals surface area contributed by atoms with Crippen LogP contribution < -0.4 is 10.1 Å². The van der Waals surface area contributed by atoms with Crippen molar-refractivity contribution in [2.75, 3.05) is 5.32 Å². The monoisotopic (exact) mass is 362 g/mol. The number of rotatable bonds is 5. The number of fused-ring (bicyclic) bond motifs is 1. The number of aromatic nitrogens is 3. The van der Waals surface area contributed by atoms with Gasteiger partial charge in [0.15, 0.2) is 0 Å². The first-order chi connectivity index (χ1) is 13.2. The Bertz CT molecular complexity index is 1090. The minimum Gasteiger partial charge on any atom is -0.489 e. The Kier molecular flexibility index (Phi) is 4.49. The molecule has 0 spiro atoms. The maximum Gasteiger partial charge on any atom is 0.255 e. The van der Waals surface area contributed by atoms with E-state index in [1.54, 1.807) is 54.6 Å². The summed E-state index contributed by atoms with van der Waals surface area (Å²) in [4.78, 5) is 12.5. The number of nitrogens with one attached hydrogen (secondary N) is 2. The van der Waals surface area contributed by atoms with E-state index in [9.17, 15) is 9.18 Å². The van der Waals surface area contributed by atoms with Crippen LogP contribution in [0.15, 0.2) is 66.7 Å². The first kappa shape index (κ1) is 16.7. The zero-order chi connectivity index (χ0) is 18.6. The molecule has 0 aliphatic rings. The van der Waals surface area contributed by atoms with Gasteiger partial charge in [0.05, 0.1) is 0 Å². The van der Waals surface area contributed by atoms with Gasteiger partial charge in [0.2, 0.25) is 0 Å². The van der Waals surface area contributed by atoms with Crippen LogP contribution in [0.25, 0.3) is 11.0 Å². The molecule has 0 unspecified atom stereocenters. The first-order valence-corrected chi connectivity index (χ1v) is 8.26. The molecule has 0 atom stereocenters. The SMILES string of the molecule is O=C(Nc1cccc(OCc2ccc(F)cc2)c1)c1ccc2n[nH]nc2c1. The number of nitrogens with zero attached hydrogens (tertiary/aromatic N) is 2. The van der Waals surface area contributed by atoms with Crippen molar-refractivity contribution in [1.29, 1.82) is 0 Å². The summed E-state index contributed by atoms with van der Waals surface area (Å²) in [6, 6.07) is 18.3. The average Bonchev–Trinajstić information content (AvgIpc) is 3.16. The predicted octanol–water partition coefficient (Wildman–Crippen LogP) is 3.93. The van der Waals surface area contributed by atoms with Crippen molar-refractivity contribution in [2.24, 2.45) is 0 Å². The van der Waals surface area contributed by atoms with Crippen molar-refractivity contribution in [3.05, 3.63) is 83.7 Å². The number of carbonyl (C=O) groups excluding carboxylic acids is 1. The molecule has 1 heterocycles. The summed E-state index contributed by atoms with van der Waals surface area (Å²) in [6.45, 7) is 0.306. The number of benzene rings is 3. The van der Waals surface area contributed by atoms with Gasteiger partial charge in [0, 0.05) is 17.3 Å². The summed E-state index contributed by atoms with van der Waals surface area (Å²) in [5.74, 6) is 0.0620. The molecule has 2 N–H and O–H groups in total. The molecule has 27 heavy (non-hydrogen) atoms. The fraction of sp³-hybridized carbons (Fsp3) is 0.0500. The maximum atomic E-state index is 12.9. The van der Waals surface area contributed by atoms with E-state index in [2.05, 4.69) is 20.7 Å². The molecule has 0 saturated heterocycles. The molecule has 4 rings (SSSR count). The summed E-state index contributed by atoms with van der Waals surface area (Å²) in [5.41, 5.74) is 3.26. The first-order valence-electron chi connectivity index (χ1n) is 8.26. The van der Waals surface area contributed by atoms with Crippen LogP contribution in [0.2, 0.25) is 0 Å². The lowest BCUT2D eigenvalue weighted by molar-refractivity contribution is 0.102. The van der Waals surface area contributed by atoms with E-state index in [-0.39, 0.29) is 11.7 Å². The van der Waals surface area contributed by atoms with E-state index in [1.807, 2.05) is 0 Å². The second-order valence-electron chi connectivity index (χ2n) is 5.92. The van der Waals surface area contributed by atoms with Crippen molar-refractivity contribution in [3.63, 3.8) is 0 Å². The van der Waals surface area contributed by atoms with Crippen LogP contribution in [-0.2, 0) is 6.61 Å². The highest BCUT2D eigenvalue weighted by molar-refractivity contribution is 6.05. The predicted molar refractivity (Wildman–Crippen MR) is 99.0 cm³/mol. The van der Waals surface area contributed by atoms with Gasteiger partial charge in [0.25, 0.3) is 5.91 Å². The fourth-order valence-electron chi connectivity index (χ4n) is 2.60. The molecule has 4 aromatic rings. The third-order valence-electron chi connectivity index (χ3n) is 3.99. The highest BCUT2D eigenvalue weighted by Gasteiger charge is 2.09. The van der Waals surface area contributed by atoms with Gasteiger partial charge >= 0.3 is 0 Å². The minimum atomic E-state index is -0.285. The molecular weight excluding hydrogens is 347 g/mol. The van der Waals surface area contributed by atoms with Gasteiger partial charge < -0.3 is 10.1 Å². The number of ether oxygens (including phenoxy) is 1. The summed E-state index contributed by atoms with van der Waals surface area (Å²) >= 11 is 0. The van der Waals surface area contributed by atoms with Gasteiger partial charge in [-0.25, -0.2) is 4.39 Å². The number of hydrogen-bond donors (Lipinski definition) is 2. The van der Waals surface area contributed by atoms with E-state index in [0.29, 0.717) is 34.6 Å². The number of H-pyrrole nitrogens is 1. The lowest BCUT2D eigenvalue weighted by Crippen LogP contribution is -2.11. The zero-order valence-corrected chi connectivity index (χ0v) is 14.1. The highest BCUT2D eigenvalue weighted by atomic mass is 19.1. The van der Waals surface area contributed by atoms with E-state index in [0.717, 1.165) is 5.56 Å². The number of amides is 1. The molecule has 3 aromatic carbocycles. The third kappa shape index (κ3) is 3.92. The Morgan fingerprint density at radius 2 is 1.81 bits per heavy atom. The lowest BCUT2D eigenvalue weighted by Gasteiger charge is -2.09. The Hall–Kier alpha value is -3.74. The molecule has 0 bridgehead atoms. The minimum absolute atomic E-state index is 0.254. The summed E-state index contributed by atoms with van der Waals surface area (Å²) in [7, 11) is 0. The Morgan fingerprint density at radius 1 is 1.00 bits per heavy atom. The van der Waals surface area contributed by atoms with Crippen LogP contribution >= 0.6 is 0 Å². The molecule has 0 saturated carbocycles. The number of aromatic amines is 1. The molecule has 134 valence electrons. The van der Waals surface area contributed by atoms with Gasteiger partial charge in [-0.2, -0.15) is 15.4 Å². The van der Waals surface area contributed by atoms with Crippen molar-refractivity contribution < 1.29 is 13.9 Å². The number of anilines is 1. The molecular formula is C20H15FN4O2. The third-order valence-corrected chi connectivity index (χ3v) is 3.99. The smallest absolute Gasteiger partial charge is 0.255 e. The van der Waals surface area contributed by atoms with Crippen molar-refractivity contribution in [1.82, 2.24) is 15.4 Å². The number of carbonyl (C=O) groups is 1. The summed E-state index contributed by atoms with van der Waals surface area (Å²) in [6.07, 6.45) is 0. The van der Waals surface area contributed by atoms with E-state index < -0.39 is 0 Å².